The molecule has 0 saturated heterocycles. The number of ether oxygens (including phenoxy) is 1. The highest BCUT2D eigenvalue weighted by molar-refractivity contribution is 5.82. The maximum atomic E-state index is 11.9. The Morgan fingerprint density at radius 2 is 1.96 bits per heavy atom. The molecule has 1 heterocycles. The summed E-state index contributed by atoms with van der Waals surface area (Å²) in [5.74, 6) is 0.917. The molecule has 0 aliphatic heterocycles. The Morgan fingerprint density at radius 1 is 1.19 bits per heavy atom. The molecule has 0 spiro atoms. The van der Waals surface area contributed by atoms with E-state index in [1.165, 1.54) is 4.80 Å². The molecule has 2 aromatic carbocycles. The molecule has 8 heteroatoms. The smallest absolute Gasteiger partial charge is 0.263 e. The Labute approximate surface area is 150 Å². The Kier molecular flexibility index (Phi) is 5.66. The largest absolute Gasteiger partial charge is 0.494 e. The minimum absolute atomic E-state index is 0.0690. The lowest BCUT2D eigenvalue weighted by Gasteiger charge is -2.02. The molecular weight excluding hydrogens is 332 g/mol. The van der Waals surface area contributed by atoms with Crippen molar-refractivity contribution in [2.75, 3.05) is 6.61 Å². The minimum Gasteiger partial charge on any atom is -0.494 e. The van der Waals surface area contributed by atoms with E-state index >= 15 is 0 Å². The summed E-state index contributed by atoms with van der Waals surface area (Å²) in [5.41, 5.74) is 4.13. The summed E-state index contributed by atoms with van der Waals surface area (Å²) < 4.78 is 5.37. The van der Waals surface area contributed by atoms with Gasteiger partial charge in [0, 0.05) is 5.56 Å². The van der Waals surface area contributed by atoms with Gasteiger partial charge in [-0.2, -0.15) is 9.90 Å². The van der Waals surface area contributed by atoms with E-state index in [4.69, 9.17) is 4.74 Å². The second-order valence-corrected chi connectivity index (χ2v) is 5.30. The van der Waals surface area contributed by atoms with Crippen LogP contribution in [0, 0.1) is 0 Å². The Balaban J connectivity index is 1.52. The Hall–Kier alpha value is -3.55. The number of rotatable bonds is 7. The van der Waals surface area contributed by atoms with E-state index in [-0.39, 0.29) is 12.5 Å². The van der Waals surface area contributed by atoms with Gasteiger partial charge < -0.3 is 4.74 Å². The number of amides is 1. The van der Waals surface area contributed by atoms with E-state index in [0.29, 0.717) is 12.4 Å². The second kappa shape index (κ2) is 8.52. The molecule has 0 radical (unpaired) electrons. The highest BCUT2D eigenvalue weighted by Gasteiger charge is 2.08. The fourth-order valence-corrected chi connectivity index (χ4v) is 2.17. The molecule has 0 aliphatic carbocycles. The molecule has 3 aromatic rings. The standard InChI is InChI=1S/C18H18N6O2/c1-2-26-16-10-8-14(9-11-16)12-19-20-17(25)13-24-22-18(21-23-24)15-6-4-3-5-7-15/h3-12H,2,13H2,1H3,(H,20,25)/b19-12-. The van der Waals surface area contributed by atoms with Gasteiger partial charge in [-0.15, -0.1) is 10.2 Å². The van der Waals surface area contributed by atoms with Crippen LogP contribution in [0.25, 0.3) is 11.4 Å². The molecule has 1 N–H and O–H groups in total. The van der Waals surface area contributed by atoms with Crippen LogP contribution in [-0.4, -0.2) is 38.9 Å². The second-order valence-electron chi connectivity index (χ2n) is 5.30. The van der Waals surface area contributed by atoms with Gasteiger partial charge in [0.15, 0.2) is 0 Å². The minimum atomic E-state index is -0.343. The molecule has 0 bridgehead atoms. The molecule has 0 fully saturated rings. The summed E-state index contributed by atoms with van der Waals surface area (Å²) in [5, 5.41) is 15.9. The first-order chi connectivity index (χ1) is 12.7. The van der Waals surface area contributed by atoms with Crippen LogP contribution in [0.2, 0.25) is 0 Å². The lowest BCUT2D eigenvalue weighted by atomic mass is 10.2. The number of benzene rings is 2. The molecule has 1 aromatic heterocycles. The topological polar surface area (TPSA) is 94.3 Å². The number of hydrogen-bond acceptors (Lipinski definition) is 6. The van der Waals surface area contributed by atoms with Crippen molar-refractivity contribution in [1.29, 1.82) is 0 Å². The Bertz CT molecular complexity index is 874. The van der Waals surface area contributed by atoms with Crippen LogP contribution in [-0.2, 0) is 11.3 Å². The number of nitrogens with zero attached hydrogens (tertiary/aromatic N) is 5. The summed E-state index contributed by atoms with van der Waals surface area (Å²) in [6.45, 7) is 2.48. The molecule has 0 unspecified atom stereocenters. The van der Waals surface area contributed by atoms with Gasteiger partial charge in [0.1, 0.15) is 12.3 Å². The number of carbonyl (C=O) groups excluding carboxylic acids is 1. The van der Waals surface area contributed by atoms with Crippen molar-refractivity contribution in [1.82, 2.24) is 25.6 Å². The average Bonchev–Trinajstić information content (AvgIpc) is 3.12. The third-order valence-electron chi connectivity index (χ3n) is 3.36. The van der Waals surface area contributed by atoms with Crippen molar-refractivity contribution in [3.05, 3.63) is 60.2 Å². The van der Waals surface area contributed by atoms with Crippen LogP contribution in [0.1, 0.15) is 12.5 Å². The SMILES string of the molecule is CCOc1ccc(/C=N\NC(=O)Cn2nnc(-c3ccccc3)n2)cc1. The molecule has 26 heavy (non-hydrogen) atoms. The van der Waals surface area contributed by atoms with Gasteiger partial charge in [0.25, 0.3) is 5.91 Å². The molecule has 0 atom stereocenters. The van der Waals surface area contributed by atoms with E-state index in [1.54, 1.807) is 6.21 Å². The van der Waals surface area contributed by atoms with Gasteiger partial charge in [-0.05, 0) is 42.0 Å². The highest BCUT2D eigenvalue weighted by Crippen LogP contribution is 2.12. The van der Waals surface area contributed by atoms with E-state index in [0.717, 1.165) is 16.9 Å². The van der Waals surface area contributed by atoms with Crippen molar-refractivity contribution in [2.45, 2.75) is 13.5 Å². The van der Waals surface area contributed by atoms with Crippen LogP contribution >= 0.6 is 0 Å². The van der Waals surface area contributed by atoms with Gasteiger partial charge in [-0.1, -0.05) is 30.3 Å². The molecule has 132 valence electrons. The summed E-state index contributed by atoms with van der Waals surface area (Å²) in [6.07, 6.45) is 1.55. The van der Waals surface area contributed by atoms with Crippen molar-refractivity contribution in [3.8, 4) is 17.1 Å². The first-order valence-electron chi connectivity index (χ1n) is 8.12. The van der Waals surface area contributed by atoms with Crippen LogP contribution in [0.15, 0.2) is 59.7 Å². The van der Waals surface area contributed by atoms with E-state index in [1.807, 2.05) is 61.5 Å². The lowest BCUT2D eigenvalue weighted by Crippen LogP contribution is -2.24. The van der Waals surface area contributed by atoms with Crippen molar-refractivity contribution in [3.63, 3.8) is 0 Å². The van der Waals surface area contributed by atoms with Crippen LogP contribution in [0.3, 0.4) is 0 Å². The summed E-state index contributed by atoms with van der Waals surface area (Å²) in [4.78, 5) is 13.1. The maximum absolute atomic E-state index is 11.9. The van der Waals surface area contributed by atoms with Crippen LogP contribution in [0.4, 0.5) is 0 Å². The lowest BCUT2D eigenvalue weighted by molar-refractivity contribution is -0.122. The van der Waals surface area contributed by atoms with Gasteiger partial charge in [0.05, 0.1) is 12.8 Å². The first-order valence-corrected chi connectivity index (χ1v) is 8.12. The zero-order valence-electron chi connectivity index (χ0n) is 14.2. The van der Waals surface area contributed by atoms with Gasteiger partial charge in [-0.25, -0.2) is 5.43 Å². The molecule has 1 amide bonds. The van der Waals surface area contributed by atoms with Crippen LogP contribution in [0.5, 0.6) is 5.75 Å². The zero-order chi connectivity index (χ0) is 18.2. The molecule has 0 saturated carbocycles. The van der Waals surface area contributed by atoms with E-state index < -0.39 is 0 Å². The molecule has 8 nitrogen and oxygen atoms in total. The van der Waals surface area contributed by atoms with Gasteiger partial charge >= 0.3 is 0 Å². The fourth-order valence-electron chi connectivity index (χ4n) is 2.17. The summed E-state index contributed by atoms with van der Waals surface area (Å²) in [6, 6.07) is 16.8. The summed E-state index contributed by atoms with van der Waals surface area (Å²) >= 11 is 0. The first kappa shape index (κ1) is 17.3. The highest BCUT2D eigenvalue weighted by atomic mass is 16.5. The average molecular weight is 350 g/mol. The number of aromatic nitrogens is 4. The number of hydrogen-bond donors (Lipinski definition) is 1. The molecule has 0 aliphatic rings. The monoisotopic (exact) mass is 350 g/mol. The normalized spacial score (nSPS) is 10.8. The van der Waals surface area contributed by atoms with Gasteiger partial charge in [0.2, 0.25) is 5.82 Å². The zero-order valence-corrected chi connectivity index (χ0v) is 14.2. The molecule has 3 rings (SSSR count). The van der Waals surface area contributed by atoms with E-state index in [2.05, 4.69) is 25.9 Å². The quantitative estimate of drug-likeness (QED) is 0.519. The van der Waals surface area contributed by atoms with Crippen molar-refractivity contribution < 1.29 is 9.53 Å². The predicted molar refractivity (Wildman–Crippen MR) is 96.6 cm³/mol. The van der Waals surface area contributed by atoms with Crippen molar-refractivity contribution >= 4 is 12.1 Å². The Morgan fingerprint density at radius 3 is 2.69 bits per heavy atom. The summed E-state index contributed by atoms with van der Waals surface area (Å²) in [7, 11) is 0. The number of hydrazone groups is 1. The third-order valence-corrected chi connectivity index (χ3v) is 3.36. The van der Waals surface area contributed by atoms with Crippen molar-refractivity contribution in [2.24, 2.45) is 5.10 Å². The van der Waals surface area contributed by atoms with E-state index in [9.17, 15) is 4.79 Å². The van der Waals surface area contributed by atoms with Gasteiger partial charge in [-0.3, -0.25) is 4.79 Å². The predicted octanol–water partition coefficient (Wildman–Crippen LogP) is 1.89. The van der Waals surface area contributed by atoms with Crippen LogP contribution < -0.4 is 10.2 Å². The number of tetrazole rings is 1. The third kappa shape index (κ3) is 4.73. The number of nitrogens with one attached hydrogen (secondary N) is 1. The fraction of sp³-hybridized carbons (Fsp3) is 0.167. The number of carbonyl (C=O) groups is 1. The maximum Gasteiger partial charge on any atom is 0.263 e. The molecular formula is C18H18N6O2.